The van der Waals surface area contributed by atoms with Crippen molar-refractivity contribution in [2.45, 2.75) is 0 Å². The number of fused-ring (bicyclic) bond motifs is 1. The standard InChI is InChI=1S/C11H11N3O3/c1-13(2)8-5-6-12-10-7(8)3-4-9(11(10)15)14(16)17/h3-6,15H,1-2H3. The zero-order valence-corrected chi connectivity index (χ0v) is 9.41. The van der Waals surface area contributed by atoms with Gasteiger partial charge in [0, 0.05) is 37.4 Å². The Hall–Kier alpha value is -2.37. The highest BCUT2D eigenvalue weighted by Crippen LogP contribution is 2.36. The molecule has 1 aromatic heterocycles. The minimum atomic E-state index is -0.626. The molecular weight excluding hydrogens is 222 g/mol. The minimum Gasteiger partial charge on any atom is -0.501 e. The first-order chi connectivity index (χ1) is 8.02. The molecule has 1 N–H and O–H groups in total. The van der Waals surface area contributed by atoms with Gasteiger partial charge < -0.3 is 10.0 Å². The quantitative estimate of drug-likeness (QED) is 0.633. The van der Waals surface area contributed by atoms with Gasteiger partial charge in [-0.2, -0.15) is 0 Å². The maximum Gasteiger partial charge on any atom is 0.313 e. The Kier molecular flexibility index (Phi) is 2.55. The van der Waals surface area contributed by atoms with E-state index in [0.29, 0.717) is 5.39 Å². The molecule has 2 aromatic rings. The fraction of sp³-hybridized carbons (Fsp3) is 0.182. The molecule has 0 aliphatic carbocycles. The molecule has 2 rings (SSSR count). The van der Waals surface area contributed by atoms with E-state index in [2.05, 4.69) is 4.98 Å². The average Bonchev–Trinajstić information content (AvgIpc) is 2.28. The first kappa shape index (κ1) is 11.1. The van der Waals surface area contributed by atoms with Gasteiger partial charge >= 0.3 is 5.69 Å². The summed E-state index contributed by atoms with van der Waals surface area (Å²) in [5, 5.41) is 21.2. The highest BCUT2D eigenvalue weighted by Gasteiger charge is 2.18. The predicted molar refractivity (Wildman–Crippen MR) is 64.4 cm³/mol. The van der Waals surface area contributed by atoms with Crippen molar-refractivity contribution in [2.24, 2.45) is 0 Å². The Labute approximate surface area is 97.3 Å². The van der Waals surface area contributed by atoms with Crippen LogP contribution in [-0.4, -0.2) is 29.1 Å². The summed E-state index contributed by atoms with van der Waals surface area (Å²) in [5.74, 6) is -0.392. The van der Waals surface area contributed by atoms with Crippen molar-refractivity contribution in [1.82, 2.24) is 4.98 Å². The second kappa shape index (κ2) is 3.89. The van der Waals surface area contributed by atoms with E-state index in [-0.39, 0.29) is 11.2 Å². The molecule has 6 heteroatoms. The van der Waals surface area contributed by atoms with Crippen LogP contribution in [0.5, 0.6) is 5.75 Å². The predicted octanol–water partition coefficient (Wildman–Crippen LogP) is 1.91. The second-order valence-electron chi connectivity index (χ2n) is 3.81. The average molecular weight is 233 g/mol. The first-order valence-electron chi connectivity index (χ1n) is 4.94. The minimum absolute atomic E-state index is 0.241. The SMILES string of the molecule is CN(C)c1ccnc2c(O)c([N+](=O)[O-])ccc12. The largest absolute Gasteiger partial charge is 0.501 e. The van der Waals surface area contributed by atoms with Gasteiger partial charge in [-0.1, -0.05) is 0 Å². The highest BCUT2D eigenvalue weighted by molar-refractivity contribution is 5.97. The number of hydrogen-bond acceptors (Lipinski definition) is 5. The smallest absolute Gasteiger partial charge is 0.313 e. The van der Waals surface area contributed by atoms with Crippen LogP contribution in [0.2, 0.25) is 0 Å². The van der Waals surface area contributed by atoms with Crippen LogP contribution in [0.1, 0.15) is 0 Å². The van der Waals surface area contributed by atoms with Crippen molar-refractivity contribution in [3.8, 4) is 5.75 Å². The molecule has 0 bridgehead atoms. The van der Waals surface area contributed by atoms with Crippen molar-refractivity contribution in [1.29, 1.82) is 0 Å². The summed E-state index contributed by atoms with van der Waals surface area (Å²) >= 11 is 0. The number of nitrogens with zero attached hydrogens (tertiary/aromatic N) is 3. The molecule has 0 radical (unpaired) electrons. The number of rotatable bonds is 2. The van der Waals surface area contributed by atoms with E-state index in [1.165, 1.54) is 12.3 Å². The van der Waals surface area contributed by atoms with Gasteiger partial charge in [0.25, 0.3) is 0 Å². The van der Waals surface area contributed by atoms with Crippen molar-refractivity contribution in [2.75, 3.05) is 19.0 Å². The van der Waals surface area contributed by atoms with Crippen molar-refractivity contribution in [3.63, 3.8) is 0 Å². The van der Waals surface area contributed by atoms with E-state index in [9.17, 15) is 15.2 Å². The van der Waals surface area contributed by atoms with E-state index in [4.69, 9.17) is 0 Å². The monoisotopic (exact) mass is 233 g/mol. The lowest BCUT2D eigenvalue weighted by Gasteiger charge is -2.14. The first-order valence-corrected chi connectivity index (χ1v) is 4.94. The maximum atomic E-state index is 10.7. The number of phenolic OH excluding ortho intramolecular Hbond substituents is 1. The van der Waals surface area contributed by atoms with E-state index in [1.54, 1.807) is 12.1 Å². The molecule has 0 aliphatic heterocycles. The summed E-state index contributed by atoms with van der Waals surface area (Å²) in [6.45, 7) is 0. The molecule has 0 saturated heterocycles. The number of hydrogen-bond donors (Lipinski definition) is 1. The number of nitro benzene ring substituents is 1. The zero-order chi connectivity index (χ0) is 12.6. The fourth-order valence-corrected chi connectivity index (χ4v) is 1.72. The molecule has 6 nitrogen and oxygen atoms in total. The van der Waals surface area contributed by atoms with Crippen LogP contribution in [0, 0.1) is 10.1 Å². The molecule has 1 aromatic carbocycles. The number of nitro groups is 1. The number of aromatic hydroxyl groups is 1. The van der Waals surface area contributed by atoms with Crippen LogP contribution in [0.3, 0.4) is 0 Å². The van der Waals surface area contributed by atoms with Crippen molar-refractivity contribution >= 4 is 22.3 Å². The summed E-state index contributed by atoms with van der Waals surface area (Å²) in [6.07, 6.45) is 1.51. The van der Waals surface area contributed by atoms with Gasteiger partial charge in [-0.05, 0) is 12.1 Å². The Morgan fingerprint density at radius 3 is 2.65 bits per heavy atom. The Morgan fingerprint density at radius 2 is 2.06 bits per heavy atom. The number of aromatic nitrogens is 1. The van der Waals surface area contributed by atoms with Gasteiger partial charge in [0.2, 0.25) is 5.75 Å². The lowest BCUT2D eigenvalue weighted by Crippen LogP contribution is -2.09. The van der Waals surface area contributed by atoms with Gasteiger partial charge in [0.1, 0.15) is 5.52 Å². The van der Waals surface area contributed by atoms with E-state index in [1.807, 2.05) is 19.0 Å². The zero-order valence-electron chi connectivity index (χ0n) is 9.41. The van der Waals surface area contributed by atoms with Gasteiger partial charge in [-0.3, -0.25) is 15.1 Å². The Morgan fingerprint density at radius 1 is 1.35 bits per heavy atom. The molecule has 0 atom stereocenters. The van der Waals surface area contributed by atoms with Crippen LogP contribution in [0.15, 0.2) is 24.4 Å². The van der Waals surface area contributed by atoms with E-state index in [0.717, 1.165) is 5.69 Å². The van der Waals surface area contributed by atoms with Crippen LogP contribution in [-0.2, 0) is 0 Å². The number of pyridine rings is 1. The molecule has 0 fully saturated rings. The molecular formula is C11H11N3O3. The molecule has 17 heavy (non-hydrogen) atoms. The van der Waals surface area contributed by atoms with Gasteiger partial charge in [0.05, 0.1) is 4.92 Å². The van der Waals surface area contributed by atoms with E-state index >= 15 is 0 Å². The fourth-order valence-electron chi connectivity index (χ4n) is 1.72. The number of phenols is 1. The molecule has 0 saturated carbocycles. The topological polar surface area (TPSA) is 79.5 Å². The second-order valence-corrected chi connectivity index (χ2v) is 3.81. The van der Waals surface area contributed by atoms with Crippen LogP contribution < -0.4 is 4.90 Å². The lowest BCUT2D eigenvalue weighted by atomic mass is 10.1. The summed E-state index contributed by atoms with van der Waals surface area (Å²) in [6, 6.07) is 4.66. The summed E-state index contributed by atoms with van der Waals surface area (Å²) in [5.41, 5.74) is 0.756. The molecule has 88 valence electrons. The summed E-state index contributed by atoms with van der Waals surface area (Å²) in [7, 11) is 3.71. The Balaban J connectivity index is 2.80. The molecule has 0 unspecified atom stereocenters. The number of anilines is 1. The maximum absolute atomic E-state index is 10.7. The summed E-state index contributed by atoms with van der Waals surface area (Å²) < 4.78 is 0. The van der Waals surface area contributed by atoms with Crippen LogP contribution in [0.4, 0.5) is 11.4 Å². The van der Waals surface area contributed by atoms with Crippen molar-refractivity contribution < 1.29 is 10.0 Å². The normalized spacial score (nSPS) is 10.5. The van der Waals surface area contributed by atoms with Crippen LogP contribution in [0.25, 0.3) is 10.9 Å². The third-order valence-corrected chi connectivity index (χ3v) is 2.52. The molecule has 0 amide bonds. The molecule has 0 aliphatic rings. The third kappa shape index (κ3) is 1.73. The molecule has 1 heterocycles. The van der Waals surface area contributed by atoms with Gasteiger partial charge in [0.15, 0.2) is 0 Å². The Bertz CT molecular complexity index is 596. The van der Waals surface area contributed by atoms with Gasteiger partial charge in [-0.25, -0.2) is 0 Å². The van der Waals surface area contributed by atoms with E-state index < -0.39 is 10.7 Å². The lowest BCUT2D eigenvalue weighted by molar-refractivity contribution is -0.385. The van der Waals surface area contributed by atoms with Gasteiger partial charge in [-0.15, -0.1) is 0 Å². The van der Waals surface area contributed by atoms with Crippen LogP contribution >= 0.6 is 0 Å². The van der Waals surface area contributed by atoms with Crippen molar-refractivity contribution in [3.05, 3.63) is 34.5 Å². The highest BCUT2D eigenvalue weighted by atomic mass is 16.6. The molecule has 0 spiro atoms. The summed E-state index contributed by atoms with van der Waals surface area (Å²) in [4.78, 5) is 15.9. The number of benzene rings is 1. The third-order valence-electron chi connectivity index (χ3n) is 2.52.